The normalized spacial score (nSPS) is 33.3. The highest BCUT2D eigenvalue weighted by Crippen LogP contribution is 2.48. The van der Waals surface area contributed by atoms with Gasteiger partial charge in [-0.3, -0.25) is 9.59 Å². The van der Waals surface area contributed by atoms with Gasteiger partial charge in [0.15, 0.2) is 0 Å². The minimum Gasteiger partial charge on any atom is -0.481 e. The zero-order valence-electron chi connectivity index (χ0n) is 12.2. The van der Waals surface area contributed by atoms with Crippen LogP contribution >= 0.6 is 0 Å². The van der Waals surface area contributed by atoms with E-state index < -0.39 is 17.8 Å². The average Bonchev–Trinajstić information content (AvgIpc) is 3.05. The Kier molecular flexibility index (Phi) is 4.29. The fraction of sp³-hybridized carbons (Fsp3) is 0.750. The molecule has 1 amide bonds. The monoisotopic (exact) mass is 293 g/mol. The highest BCUT2D eigenvalue weighted by atomic mass is 16.5. The molecule has 2 saturated carbocycles. The van der Waals surface area contributed by atoms with Crippen molar-refractivity contribution in [2.45, 2.75) is 25.7 Å². The molecule has 0 aliphatic heterocycles. The van der Waals surface area contributed by atoms with Crippen LogP contribution in [0.1, 0.15) is 25.7 Å². The van der Waals surface area contributed by atoms with Gasteiger partial charge in [0, 0.05) is 19.8 Å². The number of carboxylic acids is 1. The first kappa shape index (κ1) is 14.6. The van der Waals surface area contributed by atoms with Gasteiger partial charge in [-0.05, 0) is 43.4 Å². The molecule has 0 aromatic heterocycles. The Hall–Kier alpha value is -1.36. The second kappa shape index (κ2) is 6.18. The molecule has 0 aromatic carbocycles. The van der Waals surface area contributed by atoms with Crippen LogP contribution in [-0.2, 0) is 14.3 Å². The molecule has 2 bridgehead atoms. The molecule has 2 N–H and O–H groups in total. The smallest absolute Gasteiger partial charge is 0.307 e. The van der Waals surface area contributed by atoms with E-state index in [0.29, 0.717) is 13.2 Å². The van der Waals surface area contributed by atoms with Crippen molar-refractivity contribution >= 4 is 11.9 Å². The number of nitrogens with one attached hydrogen (secondary N) is 1. The topological polar surface area (TPSA) is 75.6 Å². The Morgan fingerprint density at radius 1 is 1.19 bits per heavy atom. The largest absolute Gasteiger partial charge is 0.481 e. The standard InChI is InChI=1S/C16H23NO4/c18-15(17-6-1-7-21-9-10-2-3-10)13-11-4-5-12(8-11)14(13)16(19)20/h4-5,10-14H,1-3,6-9H2,(H,17,18)(H,19,20). The van der Waals surface area contributed by atoms with Crippen LogP contribution < -0.4 is 5.32 Å². The Morgan fingerprint density at radius 3 is 2.57 bits per heavy atom. The van der Waals surface area contributed by atoms with Gasteiger partial charge in [-0.15, -0.1) is 0 Å². The summed E-state index contributed by atoms with van der Waals surface area (Å²) in [6, 6.07) is 0. The number of rotatable bonds is 8. The molecule has 5 heteroatoms. The zero-order valence-corrected chi connectivity index (χ0v) is 12.2. The van der Waals surface area contributed by atoms with Gasteiger partial charge in [-0.2, -0.15) is 0 Å². The fourth-order valence-corrected chi connectivity index (χ4v) is 3.55. The van der Waals surface area contributed by atoms with Crippen LogP contribution in [0, 0.1) is 29.6 Å². The highest BCUT2D eigenvalue weighted by Gasteiger charge is 2.51. The molecule has 3 aliphatic rings. The molecular weight excluding hydrogens is 270 g/mol. The van der Waals surface area contributed by atoms with Crippen molar-refractivity contribution in [1.29, 1.82) is 0 Å². The summed E-state index contributed by atoms with van der Waals surface area (Å²) >= 11 is 0. The molecular formula is C16H23NO4. The highest BCUT2D eigenvalue weighted by molar-refractivity contribution is 5.86. The van der Waals surface area contributed by atoms with Crippen molar-refractivity contribution in [3.05, 3.63) is 12.2 Å². The van der Waals surface area contributed by atoms with Crippen LogP contribution in [0.25, 0.3) is 0 Å². The first-order valence-electron chi connectivity index (χ1n) is 7.93. The second-order valence-corrected chi connectivity index (χ2v) is 6.50. The number of fused-ring (bicyclic) bond motifs is 2. The van der Waals surface area contributed by atoms with Gasteiger partial charge in [0.05, 0.1) is 11.8 Å². The summed E-state index contributed by atoms with van der Waals surface area (Å²) in [5.74, 6) is -1.01. The lowest BCUT2D eigenvalue weighted by Crippen LogP contribution is -2.40. The van der Waals surface area contributed by atoms with E-state index in [0.717, 1.165) is 25.4 Å². The van der Waals surface area contributed by atoms with Gasteiger partial charge < -0.3 is 15.2 Å². The van der Waals surface area contributed by atoms with Gasteiger partial charge in [0.25, 0.3) is 0 Å². The summed E-state index contributed by atoms with van der Waals surface area (Å²) in [6.07, 6.45) is 8.12. The second-order valence-electron chi connectivity index (χ2n) is 6.50. The molecule has 0 aromatic rings. The van der Waals surface area contributed by atoms with E-state index in [4.69, 9.17) is 4.74 Å². The van der Waals surface area contributed by atoms with Crippen LogP contribution in [0.4, 0.5) is 0 Å². The molecule has 0 saturated heterocycles. The van der Waals surface area contributed by atoms with Crippen LogP contribution in [0.2, 0.25) is 0 Å². The molecule has 3 rings (SSSR count). The summed E-state index contributed by atoms with van der Waals surface area (Å²) < 4.78 is 5.52. The Morgan fingerprint density at radius 2 is 1.90 bits per heavy atom. The number of allylic oxidation sites excluding steroid dienone is 2. The molecule has 4 unspecified atom stereocenters. The first-order valence-corrected chi connectivity index (χ1v) is 7.93. The van der Waals surface area contributed by atoms with Gasteiger partial charge in [0.2, 0.25) is 5.91 Å². The molecule has 4 atom stereocenters. The molecule has 3 aliphatic carbocycles. The molecule has 0 radical (unpaired) electrons. The van der Waals surface area contributed by atoms with Crippen molar-refractivity contribution in [2.75, 3.05) is 19.8 Å². The van der Waals surface area contributed by atoms with Crippen LogP contribution in [0.15, 0.2) is 12.2 Å². The summed E-state index contributed by atoms with van der Waals surface area (Å²) in [5, 5.41) is 12.2. The number of hydrogen-bond acceptors (Lipinski definition) is 3. The van der Waals surface area contributed by atoms with E-state index >= 15 is 0 Å². The third-order valence-electron chi connectivity index (χ3n) is 4.86. The lowest BCUT2D eigenvalue weighted by molar-refractivity contribution is -0.147. The van der Waals surface area contributed by atoms with Gasteiger partial charge >= 0.3 is 5.97 Å². The summed E-state index contributed by atoms with van der Waals surface area (Å²) in [7, 11) is 0. The number of hydrogen-bond donors (Lipinski definition) is 2. The van der Waals surface area contributed by atoms with Crippen molar-refractivity contribution in [3.63, 3.8) is 0 Å². The fourth-order valence-electron chi connectivity index (χ4n) is 3.55. The number of carbonyl (C=O) groups excluding carboxylic acids is 1. The third kappa shape index (κ3) is 3.28. The van der Waals surface area contributed by atoms with E-state index in [1.807, 2.05) is 12.2 Å². The maximum atomic E-state index is 12.3. The number of ether oxygens (including phenoxy) is 1. The maximum Gasteiger partial charge on any atom is 0.307 e. The lowest BCUT2D eigenvalue weighted by atomic mass is 9.82. The predicted octanol–water partition coefficient (Wildman–Crippen LogP) is 1.44. The number of amides is 1. The van der Waals surface area contributed by atoms with Crippen molar-refractivity contribution in [1.82, 2.24) is 5.32 Å². The maximum absolute atomic E-state index is 12.3. The first-order chi connectivity index (χ1) is 10.2. The molecule has 21 heavy (non-hydrogen) atoms. The van der Waals surface area contributed by atoms with Crippen LogP contribution in [-0.4, -0.2) is 36.7 Å². The third-order valence-corrected chi connectivity index (χ3v) is 4.86. The zero-order chi connectivity index (χ0) is 14.8. The molecule has 0 spiro atoms. The summed E-state index contributed by atoms with van der Waals surface area (Å²) in [4.78, 5) is 23.6. The molecule has 0 heterocycles. The van der Waals surface area contributed by atoms with Crippen LogP contribution in [0.3, 0.4) is 0 Å². The Labute approximate surface area is 124 Å². The number of carbonyl (C=O) groups is 2. The van der Waals surface area contributed by atoms with Gasteiger partial charge in [-0.1, -0.05) is 12.2 Å². The SMILES string of the molecule is O=C(O)C1C2C=CC(C2)C1C(=O)NCCCOCC1CC1. The Bertz CT molecular complexity index is 444. The minimum atomic E-state index is -0.847. The number of carboxylic acid groups (broad SMARTS) is 1. The Balaban J connectivity index is 1.39. The quantitative estimate of drug-likeness (QED) is 0.524. The van der Waals surface area contributed by atoms with E-state index in [1.165, 1.54) is 12.8 Å². The number of aliphatic carboxylic acids is 1. The van der Waals surface area contributed by atoms with Crippen LogP contribution in [0.5, 0.6) is 0 Å². The van der Waals surface area contributed by atoms with Crippen molar-refractivity contribution < 1.29 is 19.4 Å². The van der Waals surface area contributed by atoms with Crippen molar-refractivity contribution in [2.24, 2.45) is 29.6 Å². The van der Waals surface area contributed by atoms with E-state index in [2.05, 4.69) is 5.32 Å². The predicted molar refractivity (Wildman–Crippen MR) is 76.5 cm³/mol. The van der Waals surface area contributed by atoms with Crippen molar-refractivity contribution in [3.8, 4) is 0 Å². The summed E-state index contributed by atoms with van der Waals surface area (Å²) in [5.41, 5.74) is 0. The van der Waals surface area contributed by atoms with Gasteiger partial charge in [-0.25, -0.2) is 0 Å². The molecule has 2 fully saturated rings. The van der Waals surface area contributed by atoms with Gasteiger partial charge in [0.1, 0.15) is 0 Å². The molecule has 5 nitrogen and oxygen atoms in total. The lowest BCUT2D eigenvalue weighted by Gasteiger charge is -2.23. The molecule has 116 valence electrons. The van der Waals surface area contributed by atoms with E-state index in [1.54, 1.807) is 0 Å². The van der Waals surface area contributed by atoms with E-state index in [-0.39, 0.29) is 17.7 Å². The summed E-state index contributed by atoms with van der Waals surface area (Å²) in [6.45, 7) is 2.06. The van der Waals surface area contributed by atoms with E-state index in [9.17, 15) is 14.7 Å². The minimum absolute atomic E-state index is 0.0325. The average molecular weight is 293 g/mol.